The van der Waals surface area contributed by atoms with E-state index in [9.17, 15) is 9.59 Å². The molecule has 0 spiro atoms. The van der Waals surface area contributed by atoms with Crippen molar-refractivity contribution < 1.29 is 14.3 Å². The first-order valence-corrected chi connectivity index (χ1v) is 7.96. The first-order valence-electron chi connectivity index (χ1n) is 7.59. The zero-order chi connectivity index (χ0) is 16.7. The molecule has 1 heterocycles. The third-order valence-electron chi connectivity index (χ3n) is 3.56. The Hall–Kier alpha value is -1.79. The molecule has 1 unspecified atom stereocenters. The number of nitrogens with one attached hydrogen (secondary N) is 1. The molecule has 1 amide bonds. The molecule has 0 fully saturated rings. The summed E-state index contributed by atoms with van der Waals surface area (Å²) in [5, 5.41) is 11.0. The molecule has 0 radical (unpaired) electrons. The Morgan fingerprint density at radius 2 is 2.22 bits per heavy atom. The molecule has 2 atom stereocenters. The lowest BCUT2D eigenvalue weighted by Crippen LogP contribution is -2.44. The molecule has 1 aromatic carbocycles. The zero-order valence-corrected chi connectivity index (χ0v) is 13.8. The number of carbonyl (C=O) groups excluding carboxylic acids is 2. The van der Waals surface area contributed by atoms with Gasteiger partial charge in [0.05, 0.1) is 19.2 Å². The number of carbonyl (C=O) groups is 2. The van der Waals surface area contributed by atoms with Gasteiger partial charge in [0, 0.05) is 5.02 Å². The largest absolute Gasteiger partial charge is 0.369 e. The van der Waals surface area contributed by atoms with Crippen LogP contribution in [0, 0.1) is 0 Å². The molecule has 0 saturated carbocycles. The maximum Gasteiger partial charge on any atom is 0.247 e. The molecule has 23 heavy (non-hydrogen) atoms. The number of nitrogens with zero attached hydrogens (tertiary/aromatic N) is 2. The van der Waals surface area contributed by atoms with Crippen LogP contribution in [0.3, 0.4) is 0 Å². The summed E-state index contributed by atoms with van der Waals surface area (Å²) in [6.45, 7) is 2.47. The lowest BCUT2D eigenvalue weighted by atomic mass is 10.1. The molecule has 7 heteroatoms. The van der Waals surface area contributed by atoms with Crippen molar-refractivity contribution in [2.24, 2.45) is 10.2 Å². The van der Waals surface area contributed by atoms with Gasteiger partial charge in [-0.2, -0.15) is 10.2 Å². The second kappa shape index (κ2) is 8.74. The summed E-state index contributed by atoms with van der Waals surface area (Å²) < 4.78 is 5.38. The normalized spacial score (nSPS) is 18.4. The van der Waals surface area contributed by atoms with Gasteiger partial charge in [0.2, 0.25) is 5.91 Å². The van der Waals surface area contributed by atoms with E-state index in [0.29, 0.717) is 18.0 Å². The van der Waals surface area contributed by atoms with Crippen molar-refractivity contribution in [3.63, 3.8) is 0 Å². The topological polar surface area (TPSA) is 80.1 Å². The summed E-state index contributed by atoms with van der Waals surface area (Å²) in [5.41, 5.74) is 0.821. The van der Waals surface area contributed by atoms with Gasteiger partial charge >= 0.3 is 0 Å². The van der Waals surface area contributed by atoms with Crippen LogP contribution in [0.5, 0.6) is 0 Å². The first-order chi connectivity index (χ1) is 11.1. The fraction of sp³-hybridized carbons (Fsp3) is 0.500. The van der Waals surface area contributed by atoms with E-state index in [0.717, 1.165) is 12.0 Å². The maximum atomic E-state index is 12.0. The highest BCUT2D eigenvalue weighted by atomic mass is 35.5. The summed E-state index contributed by atoms with van der Waals surface area (Å²) >= 11 is 6.02. The minimum atomic E-state index is -0.620. The van der Waals surface area contributed by atoms with Crippen molar-refractivity contribution in [1.29, 1.82) is 0 Å². The second-order valence-corrected chi connectivity index (χ2v) is 5.83. The van der Waals surface area contributed by atoms with Gasteiger partial charge in [-0.05, 0) is 31.4 Å². The predicted molar refractivity (Wildman–Crippen MR) is 86.5 cm³/mol. The number of amides is 1. The number of halogens is 1. The molecule has 1 aliphatic heterocycles. The Bertz CT molecular complexity index is 592. The van der Waals surface area contributed by atoms with Crippen molar-refractivity contribution in [2.45, 2.75) is 38.5 Å². The van der Waals surface area contributed by atoms with E-state index in [4.69, 9.17) is 16.3 Å². The number of benzene rings is 1. The van der Waals surface area contributed by atoms with Crippen LogP contribution in [0.25, 0.3) is 0 Å². The fourth-order valence-electron chi connectivity index (χ4n) is 2.15. The molecule has 2 rings (SSSR count). The highest BCUT2D eigenvalue weighted by Crippen LogP contribution is 2.15. The molecule has 6 nitrogen and oxygen atoms in total. The lowest BCUT2D eigenvalue weighted by molar-refractivity contribution is -0.131. The quantitative estimate of drug-likeness (QED) is 0.830. The van der Waals surface area contributed by atoms with Gasteiger partial charge in [-0.25, -0.2) is 0 Å². The van der Waals surface area contributed by atoms with Crippen LogP contribution >= 0.6 is 11.6 Å². The number of hydrogen-bond donors (Lipinski definition) is 1. The van der Waals surface area contributed by atoms with Crippen LogP contribution < -0.4 is 5.32 Å². The van der Waals surface area contributed by atoms with E-state index in [2.05, 4.69) is 15.5 Å². The molecule has 1 aliphatic rings. The van der Waals surface area contributed by atoms with Gasteiger partial charge in [-0.1, -0.05) is 29.8 Å². The SMILES string of the molecule is CC(NC(=O)[C@@H]1CCCN=N1)C(=O)COCc1ccccc1Cl. The van der Waals surface area contributed by atoms with Crippen molar-refractivity contribution in [3.8, 4) is 0 Å². The third-order valence-corrected chi connectivity index (χ3v) is 3.93. The molecule has 1 N–H and O–H groups in total. The van der Waals surface area contributed by atoms with Gasteiger partial charge in [-0.15, -0.1) is 0 Å². The molecular formula is C16H20ClN3O3. The Morgan fingerprint density at radius 3 is 2.91 bits per heavy atom. The van der Waals surface area contributed by atoms with Crippen LogP contribution in [0.1, 0.15) is 25.3 Å². The fourth-order valence-corrected chi connectivity index (χ4v) is 2.34. The van der Waals surface area contributed by atoms with E-state index in [-0.39, 0.29) is 24.9 Å². The highest BCUT2D eigenvalue weighted by Gasteiger charge is 2.23. The van der Waals surface area contributed by atoms with Gasteiger partial charge in [0.1, 0.15) is 12.6 Å². The van der Waals surface area contributed by atoms with Crippen LogP contribution in [0.4, 0.5) is 0 Å². The first kappa shape index (κ1) is 17.6. The lowest BCUT2D eigenvalue weighted by Gasteiger charge is -2.18. The van der Waals surface area contributed by atoms with Crippen LogP contribution in [0.2, 0.25) is 5.02 Å². The van der Waals surface area contributed by atoms with Gasteiger partial charge in [-0.3, -0.25) is 9.59 Å². The van der Waals surface area contributed by atoms with E-state index >= 15 is 0 Å². The van der Waals surface area contributed by atoms with Crippen LogP contribution in [-0.4, -0.2) is 36.9 Å². The second-order valence-electron chi connectivity index (χ2n) is 5.42. The minimum absolute atomic E-state index is 0.0845. The van der Waals surface area contributed by atoms with Crippen LogP contribution in [0.15, 0.2) is 34.5 Å². The van der Waals surface area contributed by atoms with Gasteiger partial charge < -0.3 is 10.1 Å². The Balaban J connectivity index is 1.74. The number of ketones is 1. The van der Waals surface area contributed by atoms with Crippen molar-refractivity contribution in [1.82, 2.24) is 5.32 Å². The summed E-state index contributed by atoms with van der Waals surface area (Å²) in [7, 11) is 0. The molecular weight excluding hydrogens is 318 g/mol. The zero-order valence-electron chi connectivity index (χ0n) is 13.0. The molecule has 1 aromatic rings. The molecule has 124 valence electrons. The monoisotopic (exact) mass is 337 g/mol. The smallest absolute Gasteiger partial charge is 0.247 e. The summed E-state index contributed by atoms with van der Waals surface area (Å²) in [6.07, 6.45) is 1.50. The Kier molecular flexibility index (Phi) is 6.67. The number of rotatable bonds is 7. The number of azo groups is 1. The summed E-state index contributed by atoms with van der Waals surface area (Å²) in [4.78, 5) is 24.0. The maximum absolute atomic E-state index is 12.0. The van der Waals surface area contributed by atoms with Gasteiger partial charge in [0.15, 0.2) is 5.78 Å². The Morgan fingerprint density at radius 1 is 1.43 bits per heavy atom. The third kappa shape index (κ3) is 5.41. The molecule has 0 saturated heterocycles. The number of ether oxygens (including phenoxy) is 1. The van der Waals surface area contributed by atoms with E-state index in [1.54, 1.807) is 13.0 Å². The molecule has 0 aliphatic carbocycles. The average molecular weight is 338 g/mol. The minimum Gasteiger partial charge on any atom is -0.369 e. The van der Waals surface area contributed by atoms with Crippen molar-refractivity contribution in [2.75, 3.05) is 13.2 Å². The van der Waals surface area contributed by atoms with E-state index in [1.165, 1.54) is 0 Å². The predicted octanol–water partition coefficient (Wildman–Crippen LogP) is 2.54. The van der Waals surface area contributed by atoms with E-state index in [1.807, 2.05) is 18.2 Å². The van der Waals surface area contributed by atoms with Crippen LogP contribution in [-0.2, 0) is 20.9 Å². The summed E-state index contributed by atoms with van der Waals surface area (Å²) in [5.74, 6) is -0.460. The Labute approximate surface area is 140 Å². The molecule has 0 aromatic heterocycles. The van der Waals surface area contributed by atoms with Crippen molar-refractivity contribution >= 4 is 23.3 Å². The molecule has 0 bridgehead atoms. The highest BCUT2D eigenvalue weighted by molar-refractivity contribution is 6.31. The standard InChI is InChI=1S/C16H20ClN3O3/c1-11(19-16(22)14-7-4-8-18-20-14)15(21)10-23-9-12-5-2-3-6-13(12)17/h2-3,5-6,11,14H,4,7-10H2,1H3,(H,19,22)/t11?,14-/m0/s1. The number of Topliss-reactive ketones (excluding diaryl/α,β-unsaturated/α-hetero) is 1. The van der Waals surface area contributed by atoms with Crippen molar-refractivity contribution in [3.05, 3.63) is 34.9 Å². The van der Waals surface area contributed by atoms with Gasteiger partial charge in [0.25, 0.3) is 0 Å². The summed E-state index contributed by atoms with van der Waals surface area (Å²) in [6, 6.07) is 6.19. The number of hydrogen-bond acceptors (Lipinski definition) is 5. The average Bonchev–Trinajstić information content (AvgIpc) is 2.57. The van der Waals surface area contributed by atoms with E-state index < -0.39 is 12.1 Å².